The number of likely N-dealkylation sites (N-methyl/N-ethyl adjacent to an activating group) is 1. The number of likely N-dealkylation sites (tertiary alicyclic amines) is 1. The number of carbonyl (C=O) groups excluding carboxylic acids is 1. The van der Waals surface area contributed by atoms with Gasteiger partial charge in [-0.15, -0.1) is 0 Å². The van der Waals surface area contributed by atoms with Gasteiger partial charge >= 0.3 is 0 Å². The Morgan fingerprint density at radius 2 is 2.10 bits per heavy atom. The molecule has 1 saturated heterocycles. The Kier molecular flexibility index (Phi) is 4.84. The van der Waals surface area contributed by atoms with Gasteiger partial charge in [0, 0.05) is 45.0 Å². The summed E-state index contributed by atoms with van der Waals surface area (Å²) in [6, 6.07) is 7.61. The molecule has 1 aliphatic heterocycles. The van der Waals surface area contributed by atoms with Crippen LogP contribution in [0.1, 0.15) is 12.8 Å². The first-order valence-corrected chi connectivity index (χ1v) is 7.02. The summed E-state index contributed by atoms with van der Waals surface area (Å²) in [6.45, 7) is 2.36. The Morgan fingerprint density at radius 1 is 1.40 bits per heavy atom. The lowest BCUT2D eigenvalue weighted by atomic mass is 10.0. The third-order valence-corrected chi connectivity index (χ3v) is 3.66. The van der Waals surface area contributed by atoms with Gasteiger partial charge < -0.3 is 15.3 Å². The molecular formula is C15H23N3O2. The van der Waals surface area contributed by atoms with Gasteiger partial charge in [-0.1, -0.05) is 6.07 Å². The minimum atomic E-state index is 0.157. The number of nitrogens with zero attached hydrogens (tertiary/aromatic N) is 2. The lowest BCUT2D eigenvalue weighted by Crippen LogP contribution is -2.43. The van der Waals surface area contributed by atoms with E-state index in [-0.39, 0.29) is 11.7 Å². The van der Waals surface area contributed by atoms with Crippen molar-refractivity contribution in [1.29, 1.82) is 0 Å². The van der Waals surface area contributed by atoms with Crippen LogP contribution in [-0.2, 0) is 4.79 Å². The predicted octanol–water partition coefficient (Wildman–Crippen LogP) is 1.36. The van der Waals surface area contributed by atoms with Crippen LogP contribution in [0.3, 0.4) is 0 Å². The largest absolute Gasteiger partial charge is 0.508 e. The normalized spacial score (nSPS) is 16.9. The van der Waals surface area contributed by atoms with Gasteiger partial charge in [0.1, 0.15) is 5.75 Å². The fraction of sp³-hybridized carbons (Fsp3) is 0.533. The standard InChI is InChI=1S/C15H23N3O2/c1-17(2)15(20)11-18-8-6-12(7-9-18)16-13-4-3-5-14(19)10-13/h3-5,10,12,16,19H,6-9,11H2,1-2H3. The van der Waals surface area contributed by atoms with Crippen LogP contribution in [0.25, 0.3) is 0 Å². The van der Waals surface area contributed by atoms with Crippen LogP contribution in [0.15, 0.2) is 24.3 Å². The lowest BCUT2D eigenvalue weighted by molar-refractivity contribution is -0.130. The number of phenols is 1. The minimum Gasteiger partial charge on any atom is -0.508 e. The van der Waals surface area contributed by atoms with E-state index in [2.05, 4.69) is 10.2 Å². The molecule has 110 valence electrons. The van der Waals surface area contributed by atoms with Gasteiger partial charge in [-0.25, -0.2) is 0 Å². The highest BCUT2D eigenvalue weighted by molar-refractivity contribution is 5.77. The van der Waals surface area contributed by atoms with Crippen LogP contribution in [0, 0.1) is 0 Å². The molecule has 1 aliphatic rings. The summed E-state index contributed by atoms with van der Waals surface area (Å²) in [5.41, 5.74) is 0.952. The summed E-state index contributed by atoms with van der Waals surface area (Å²) in [6.07, 6.45) is 2.02. The van der Waals surface area contributed by atoms with Gasteiger partial charge in [0.25, 0.3) is 0 Å². The lowest BCUT2D eigenvalue weighted by Gasteiger charge is -2.32. The summed E-state index contributed by atoms with van der Waals surface area (Å²) in [4.78, 5) is 15.5. The van der Waals surface area contributed by atoms with Crippen molar-refractivity contribution in [3.63, 3.8) is 0 Å². The van der Waals surface area contributed by atoms with E-state index in [9.17, 15) is 9.90 Å². The molecule has 0 saturated carbocycles. The highest BCUT2D eigenvalue weighted by atomic mass is 16.3. The third-order valence-electron chi connectivity index (χ3n) is 3.66. The number of amides is 1. The number of hydrogen-bond acceptors (Lipinski definition) is 4. The van der Waals surface area contributed by atoms with Gasteiger partial charge in [0.05, 0.1) is 6.54 Å². The van der Waals surface area contributed by atoms with E-state index < -0.39 is 0 Å². The second kappa shape index (κ2) is 6.61. The van der Waals surface area contributed by atoms with Crippen molar-refractivity contribution in [2.45, 2.75) is 18.9 Å². The molecule has 0 aliphatic carbocycles. The first kappa shape index (κ1) is 14.7. The monoisotopic (exact) mass is 277 g/mol. The minimum absolute atomic E-state index is 0.157. The maximum Gasteiger partial charge on any atom is 0.236 e. The number of benzene rings is 1. The smallest absolute Gasteiger partial charge is 0.236 e. The molecule has 2 N–H and O–H groups in total. The predicted molar refractivity (Wildman–Crippen MR) is 79.9 cm³/mol. The van der Waals surface area contributed by atoms with Crippen LogP contribution in [0.4, 0.5) is 5.69 Å². The molecule has 5 heteroatoms. The first-order valence-electron chi connectivity index (χ1n) is 7.02. The zero-order chi connectivity index (χ0) is 14.5. The molecular weight excluding hydrogens is 254 g/mol. The number of aromatic hydroxyl groups is 1. The quantitative estimate of drug-likeness (QED) is 0.872. The SMILES string of the molecule is CN(C)C(=O)CN1CCC(Nc2cccc(O)c2)CC1. The van der Waals surface area contributed by atoms with Crippen LogP contribution in [0.2, 0.25) is 0 Å². The van der Waals surface area contributed by atoms with Crippen LogP contribution < -0.4 is 5.32 Å². The molecule has 0 aromatic heterocycles. The maximum absolute atomic E-state index is 11.7. The number of carbonyl (C=O) groups is 1. The molecule has 1 aromatic carbocycles. The first-order chi connectivity index (χ1) is 9.54. The van der Waals surface area contributed by atoms with E-state index in [0.717, 1.165) is 31.6 Å². The molecule has 20 heavy (non-hydrogen) atoms. The highest BCUT2D eigenvalue weighted by Crippen LogP contribution is 2.20. The molecule has 1 heterocycles. The molecule has 0 atom stereocenters. The number of nitrogens with one attached hydrogen (secondary N) is 1. The molecule has 1 fully saturated rings. The molecule has 5 nitrogen and oxygen atoms in total. The average Bonchev–Trinajstić information content (AvgIpc) is 2.41. The molecule has 0 unspecified atom stereocenters. The number of phenolic OH excluding ortho intramolecular Hbond substituents is 1. The summed E-state index contributed by atoms with van der Waals surface area (Å²) < 4.78 is 0. The average molecular weight is 277 g/mol. The summed E-state index contributed by atoms with van der Waals surface area (Å²) >= 11 is 0. The zero-order valence-electron chi connectivity index (χ0n) is 12.2. The van der Waals surface area contributed by atoms with Gasteiger partial charge in [-0.2, -0.15) is 0 Å². The third kappa shape index (κ3) is 4.13. The molecule has 0 radical (unpaired) electrons. The van der Waals surface area contributed by atoms with Crippen molar-refractivity contribution in [1.82, 2.24) is 9.80 Å². The summed E-state index contributed by atoms with van der Waals surface area (Å²) in [7, 11) is 3.58. The van der Waals surface area contributed by atoms with E-state index in [4.69, 9.17) is 0 Å². The second-order valence-corrected chi connectivity index (χ2v) is 5.53. The number of piperidine rings is 1. The van der Waals surface area contributed by atoms with Crippen molar-refractivity contribution in [3.8, 4) is 5.75 Å². The van der Waals surface area contributed by atoms with Gasteiger partial charge in [-0.05, 0) is 25.0 Å². The van der Waals surface area contributed by atoms with Crippen molar-refractivity contribution < 1.29 is 9.90 Å². The highest BCUT2D eigenvalue weighted by Gasteiger charge is 2.21. The van der Waals surface area contributed by atoms with Crippen molar-refractivity contribution in [3.05, 3.63) is 24.3 Å². The Balaban J connectivity index is 1.78. The summed E-state index contributed by atoms with van der Waals surface area (Å²) in [5, 5.41) is 12.9. The Bertz CT molecular complexity index is 454. The number of hydrogen-bond donors (Lipinski definition) is 2. The molecule has 1 amide bonds. The van der Waals surface area contributed by atoms with E-state index >= 15 is 0 Å². The van der Waals surface area contributed by atoms with Crippen LogP contribution >= 0.6 is 0 Å². The molecule has 1 aromatic rings. The van der Waals surface area contributed by atoms with E-state index in [1.807, 2.05) is 12.1 Å². The zero-order valence-corrected chi connectivity index (χ0v) is 12.2. The van der Waals surface area contributed by atoms with Gasteiger partial charge in [0.15, 0.2) is 0 Å². The number of anilines is 1. The second-order valence-electron chi connectivity index (χ2n) is 5.53. The molecule has 2 rings (SSSR count). The number of rotatable bonds is 4. The fourth-order valence-corrected chi connectivity index (χ4v) is 2.40. The molecule has 0 spiro atoms. The van der Waals surface area contributed by atoms with E-state index in [1.165, 1.54) is 0 Å². The van der Waals surface area contributed by atoms with E-state index in [0.29, 0.717) is 12.6 Å². The van der Waals surface area contributed by atoms with Crippen molar-refractivity contribution in [2.75, 3.05) is 39.0 Å². The van der Waals surface area contributed by atoms with Gasteiger partial charge in [0.2, 0.25) is 5.91 Å². The Labute approximate surface area is 120 Å². The van der Waals surface area contributed by atoms with Crippen LogP contribution in [0.5, 0.6) is 5.75 Å². The van der Waals surface area contributed by atoms with Gasteiger partial charge in [-0.3, -0.25) is 9.69 Å². The van der Waals surface area contributed by atoms with Crippen molar-refractivity contribution >= 4 is 11.6 Å². The molecule has 0 bridgehead atoms. The van der Waals surface area contributed by atoms with E-state index in [1.54, 1.807) is 31.1 Å². The topological polar surface area (TPSA) is 55.8 Å². The Morgan fingerprint density at radius 3 is 2.70 bits per heavy atom. The fourth-order valence-electron chi connectivity index (χ4n) is 2.40. The Hall–Kier alpha value is -1.75. The maximum atomic E-state index is 11.7. The van der Waals surface area contributed by atoms with Crippen LogP contribution in [-0.4, -0.2) is 60.6 Å². The summed E-state index contributed by atoms with van der Waals surface area (Å²) in [5.74, 6) is 0.438. The van der Waals surface area contributed by atoms with Crippen molar-refractivity contribution in [2.24, 2.45) is 0 Å².